The monoisotopic (exact) mass is 445 g/mol. The van der Waals surface area contributed by atoms with Crippen LogP contribution < -0.4 is 0 Å². The summed E-state index contributed by atoms with van der Waals surface area (Å²) in [4.78, 5) is 14.7. The Morgan fingerprint density at radius 1 is 1.13 bits per heavy atom. The van der Waals surface area contributed by atoms with Crippen LogP contribution >= 0.6 is 11.6 Å². The van der Waals surface area contributed by atoms with Crippen LogP contribution in [0.1, 0.15) is 43.9 Å². The molecule has 2 aromatic carbocycles. The van der Waals surface area contributed by atoms with Gasteiger partial charge in [-0.25, -0.2) is 8.42 Å². The van der Waals surface area contributed by atoms with Crippen LogP contribution in [0.2, 0.25) is 5.02 Å². The van der Waals surface area contributed by atoms with Crippen LogP contribution in [0.25, 0.3) is 6.08 Å². The SMILES string of the molecule is CC(C)(C)c1ccc(CN(C(=O)/C=C/c2ccccc2Cl)C2CCS(=O)(=O)C2)cc1. The lowest BCUT2D eigenvalue weighted by molar-refractivity contribution is -0.128. The highest BCUT2D eigenvalue weighted by molar-refractivity contribution is 7.91. The summed E-state index contributed by atoms with van der Waals surface area (Å²) >= 11 is 6.18. The second kappa shape index (κ2) is 8.94. The quantitative estimate of drug-likeness (QED) is 0.617. The molecular weight excluding hydrogens is 418 g/mol. The molecule has 3 rings (SSSR count). The molecule has 30 heavy (non-hydrogen) atoms. The second-order valence-corrected chi connectivity index (χ2v) is 11.5. The number of carbonyl (C=O) groups excluding carboxylic acids is 1. The average Bonchev–Trinajstić information content (AvgIpc) is 3.04. The van der Waals surface area contributed by atoms with Crippen molar-refractivity contribution in [3.05, 3.63) is 76.3 Å². The lowest BCUT2D eigenvalue weighted by atomic mass is 9.86. The molecule has 0 bridgehead atoms. The van der Waals surface area contributed by atoms with E-state index in [1.807, 2.05) is 30.3 Å². The van der Waals surface area contributed by atoms with Gasteiger partial charge < -0.3 is 4.90 Å². The number of hydrogen-bond acceptors (Lipinski definition) is 3. The van der Waals surface area contributed by atoms with Gasteiger partial charge >= 0.3 is 0 Å². The number of amides is 1. The fourth-order valence-corrected chi connectivity index (χ4v) is 5.51. The molecule has 6 heteroatoms. The normalized spacial score (nSPS) is 18.6. The van der Waals surface area contributed by atoms with E-state index in [-0.39, 0.29) is 28.9 Å². The van der Waals surface area contributed by atoms with Crippen molar-refractivity contribution in [3.63, 3.8) is 0 Å². The van der Waals surface area contributed by atoms with Gasteiger partial charge in [-0.1, -0.05) is 74.8 Å². The largest absolute Gasteiger partial charge is 0.331 e. The van der Waals surface area contributed by atoms with Gasteiger partial charge in [-0.3, -0.25) is 4.79 Å². The van der Waals surface area contributed by atoms with Crippen molar-refractivity contribution >= 4 is 33.4 Å². The van der Waals surface area contributed by atoms with E-state index in [1.165, 1.54) is 11.6 Å². The van der Waals surface area contributed by atoms with E-state index in [2.05, 4.69) is 32.9 Å². The standard InChI is InChI=1S/C24H28ClNO3S/c1-24(2,3)20-11-8-18(9-12-20)16-26(21-14-15-30(28,29)17-21)23(27)13-10-19-6-4-5-7-22(19)25/h4-13,21H,14-17H2,1-3H3/b13-10+. The van der Waals surface area contributed by atoms with Crippen molar-refractivity contribution in [3.8, 4) is 0 Å². The summed E-state index contributed by atoms with van der Waals surface area (Å²) in [6, 6.07) is 15.1. The van der Waals surface area contributed by atoms with E-state index in [4.69, 9.17) is 11.6 Å². The van der Waals surface area contributed by atoms with Crippen LogP contribution in [0.5, 0.6) is 0 Å². The fraction of sp³-hybridized carbons (Fsp3) is 0.375. The number of hydrogen-bond donors (Lipinski definition) is 0. The first-order valence-corrected chi connectivity index (χ1v) is 12.3. The van der Waals surface area contributed by atoms with Crippen molar-refractivity contribution in [1.29, 1.82) is 0 Å². The third-order valence-corrected chi connectivity index (χ3v) is 7.51. The highest BCUT2D eigenvalue weighted by atomic mass is 35.5. The van der Waals surface area contributed by atoms with Gasteiger partial charge in [0.05, 0.1) is 11.5 Å². The molecule has 0 aliphatic carbocycles. The Morgan fingerprint density at radius 2 is 1.80 bits per heavy atom. The number of halogens is 1. The smallest absolute Gasteiger partial charge is 0.247 e. The molecule has 1 atom stereocenters. The van der Waals surface area contributed by atoms with Crippen molar-refractivity contribution in [2.45, 2.75) is 45.2 Å². The molecule has 1 aliphatic rings. The number of sulfone groups is 1. The van der Waals surface area contributed by atoms with Crippen LogP contribution in [-0.4, -0.2) is 36.8 Å². The van der Waals surface area contributed by atoms with E-state index in [0.717, 1.165) is 11.1 Å². The van der Waals surface area contributed by atoms with Crippen molar-refractivity contribution < 1.29 is 13.2 Å². The molecule has 1 fully saturated rings. The zero-order chi connectivity index (χ0) is 21.9. The molecule has 1 aliphatic heterocycles. The predicted octanol–water partition coefficient (Wildman–Crippen LogP) is 4.87. The van der Waals surface area contributed by atoms with Crippen molar-refractivity contribution in [2.24, 2.45) is 0 Å². The first-order chi connectivity index (χ1) is 14.0. The van der Waals surface area contributed by atoms with Crippen LogP contribution in [0, 0.1) is 0 Å². The van der Waals surface area contributed by atoms with Gasteiger partial charge in [0.25, 0.3) is 0 Å². The van der Waals surface area contributed by atoms with Gasteiger partial charge in [0, 0.05) is 23.7 Å². The van der Waals surface area contributed by atoms with Gasteiger partial charge in [-0.05, 0) is 40.7 Å². The van der Waals surface area contributed by atoms with Crippen LogP contribution in [0.3, 0.4) is 0 Å². The van der Waals surface area contributed by atoms with Gasteiger partial charge in [-0.2, -0.15) is 0 Å². The number of benzene rings is 2. The van der Waals surface area contributed by atoms with E-state index in [1.54, 1.807) is 17.0 Å². The average molecular weight is 446 g/mol. The van der Waals surface area contributed by atoms with E-state index in [0.29, 0.717) is 18.0 Å². The highest BCUT2D eigenvalue weighted by Crippen LogP contribution is 2.25. The number of carbonyl (C=O) groups is 1. The van der Waals surface area contributed by atoms with Crippen molar-refractivity contribution in [1.82, 2.24) is 4.90 Å². The summed E-state index contributed by atoms with van der Waals surface area (Å²) < 4.78 is 24.1. The molecule has 0 spiro atoms. The Hall–Kier alpha value is -2.11. The molecule has 160 valence electrons. The molecule has 2 aromatic rings. The fourth-order valence-electron chi connectivity index (χ4n) is 3.58. The van der Waals surface area contributed by atoms with Gasteiger partial charge in [0.1, 0.15) is 0 Å². The zero-order valence-electron chi connectivity index (χ0n) is 17.6. The maximum Gasteiger partial charge on any atom is 0.247 e. The summed E-state index contributed by atoms with van der Waals surface area (Å²) in [7, 11) is -3.11. The first kappa shape index (κ1) is 22.6. The van der Waals surface area contributed by atoms with Gasteiger partial charge in [-0.15, -0.1) is 0 Å². The Bertz CT molecular complexity index is 1040. The Kier molecular flexibility index (Phi) is 6.73. The van der Waals surface area contributed by atoms with Gasteiger partial charge in [0.2, 0.25) is 5.91 Å². The van der Waals surface area contributed by atoms with Gasteiger partial charge in [0.15, 0.2) is 9.84 Å². The minimum absolute atomic E-state index is 0.0126. The third-order valence-electron chi connectivity index (χ3n) is 5.42. The molecule has 0 radical (unpaired) electrons. The topological polar surface area (TPSA) is 54.5 Å². The van der Waals surface area contributed by atoms with Crippen LogP contribution in [0.4, 0.5) is 0 Å². The van der Waals surface area contributed by atoms with E-state index in [9.17, 15) is 13.2 Å². The lowest BCUT2D eigenvalue weighted by Crippen LogP contribution is -2.39. The zero-order valence-corrected chi connectivity index (χ0v) is 19.2. The Balaban J connectivity index is 1.83. The summed E-state index contributed by atoms with van der Waals surface area (Å²) in [5.41, 5.74) is 2.99. The molecule has 1 saturated heterocycles. The Morgan fingerprint density at radius 3 is 2.37 bits per heavy atom. The van der Waals surface area contributed by atoms with E-state index >= 15 is 0 Å². The maximum absolute atomic E-state index is 13.1. The number of rotatable bonds is 5. The molecule has 0 aromatic heterocycles. The molecular formula is C24H28ClNO3S. The van der Waals surface area contributed by atoms with Crippen molar-refractivity contribution in [2.75, 3.05) is 11.5 Å². The number of nitrogens with zero attached hydrogens (tertiary/aromatic N) is 1. The molecule has 1 unspecified atom stereocenters. The lowest BCUT2D eigenvalue weighted by Gasteiger charge is -2.28. The maximum atomic E-state index is 13.1. The molecule has 0 saturated carbocycles. The summed E-state index contributed by atoms with van der Waals surface area (Å²) in [5.74, 6) is -0.0749. The minimum atomic E-state index is -3.11. The Labute approximate surface area is 184 Å². The van der Waals surface area contributed by atoms with Crippen LogP contribution in [0.15, 0.2) is 54.6 Å². The summed E-state index contributed by atoms with van der Waals surface area (Å²) in [6.45, 7) is 6.83. The second-order valence-electron chi connectivity index (χ2n) is 8.82. The molecule has 1 heterocycles. The van der Waals surface area contributed by atoms with E-state index < -0.39 is 9.84 Å². The predicted molar refractivity (Wildman–Crippen MR) is 123 cm³/mol. The molecule has 4 nitrogen and oxygen atoms in total. The minimum Gasteiger partial charge on any atom is -0.331 e. The third kappa shape index (κ3) is 5.73. The summed E-state index contributed by atoms with van der Waals surface area (Å²) in [6.07, 6.45) is 3.63. The van der Waals surface area contributed by atoms with Crippen LogP contribution in [-0.2, 0) is 26.6 Å². The molecule has 0 N–H and O–H groups in total. The highest BCUT2D eigenvalue weighted by Gasteiger charge is 2.34. The first-order valence-electron chi connectivity index (χ1n) is 10.1. The summed E-state index contributed by atoms with van der Waals surface area (Å²) in [5, 5.41) is 0.564. The molecule has 1 amide bonds.